The number of carbonyl (C=O) groups excluding carboxylic acids is 1. The summed E-state index contributed by atoms with van der Waals surface area (Å²) < 4.78 is 0. The number of piperidine rings is 1. The normalized spacial score (nSPS) is 23.4. The fourth-order valence-corrected chi connectivity index (χ4v) is 3.75. The van der Waals surface area contributed by atoms with E-state index in [9.17, 15) is 4.79 Å². The molecule has 0 saturated carbocycles. The van der Waals surface area contributed by atoms with Crippen LogP contribution in [0.15, 0.2) is 24.3 Å². The second-order valence-electron chi connectivity index (χ2n) is 5.61. The van der Waals surface area contributed by atoms with Crippen molar-refractivity contribution in [2.75, 3.05) is 35.7 Å². The number of hydrogen-bond donors (Lipinski definition) is 0. The van der Waals surface area contributed by atoms with Crippen molar-refractivity contribution >= 4 is 29.0 Å². The summed E-state index contributed by atoms with van der Waals surface area (Å²) in [5, 5.41) is 0.762. The minimum Gasteiger partial charge on any atom is -0.370 e. The van der Waals surface area contributed by atoms with Crippen molar-refractivity contribution in [1.82, 2.24) is 0 Å². The van der Waals surface area contributed by atoms with Gasteiger partial charge in [-0.3, -0.25) is 4.79 Å². The molecule has 1 amide bonds. The number of hydrogen-bond acceptors (Lipinski definition) is 3. The summed E-state index contributed by atoms with van der Waals surface area (Å²) >= 11 is 1.96. The molecule has 2 heterocycles. The van der Waals surface area contributed by atoms with Gasteiger partial charge in [0.25, 0.3) is 0 Å². The zero-order chi connectivity index (χ0) is 13.9. The van der Waals surface area contributed by atoms with Gasteiger partial charge in [-0.25, -0.2) is 0 Å². The van der Waals surface area contributed by atoms with Gasteiger partial charge in [0, 0.05) is 42.7 Å². The minimum absolute atomic E-state index is 0.271. The van der Waals surface area contributed by atoms with Crippen molar-refractivity contribution < 1.29 is 4.79 Å². The van der Waals surface area contributed by atoms with Gasteiger partial charge in [0.15, 0.2) is 0 Å². The molecular formula is C16H22N2OS. The average Bonchev–Trinajstić information content (AvgIpc) is 2.97. The van der Waals surface area contributed by atoms with Gasteiger partial charge in [0.05, 0.1) is 0 Å². The largest absolute Gasteiger partial charge is 0.370 e. The molecule has 3 rings (SSSR count). The van der Waals surface area contributed by atoms with Gasteiger partial charge in [0.1, 0.15) is 0 Å². The molecule has 0 aromatic heterocycles. The fraction of sp³-hybridized carbons (Fsp3) is 0.562. The van der Waals surface area contributed by atoms with Crippen LogP contribution in [0.25, 0.3) is 0 Å². The van der Waals surface area contributed by atoms with E-state index in [1.807, 2.05) is 16.7 Å². The molecule has 0 bridgehead atoms. The highest BCUT2D eigenvalue weighted by atomic mass is 32.2. The molecule has 3 nitrogen and oxygen atoms in total. The van der Waals surface area contributed by atoms with Gasteiger partial charge in [-0.05, 0) is 49.8 Å². The molecule has 20 heavy (non-hydrogen) atoms. The zero-order valence-corrected chi connectivity index (χ0v) is 12.9. The smallest absolute Gasteiger partial charge is 0.226 e. The van der Waals surface area contributed by atoms with Gasteiger partial charge in [-0.15, -0.1) is 0 Å². The SMILES string of the molecule is CSC1CCN(c2ccc(N3CCCCC3=O)cc2)C1. The Labute approximate surface area is 125 Å². The van der Waals surface area contributed by atoms with E-state index in [1.165, 1.54) is 12.1 Å². The fourth-order valence-electron chi connectivity index (χ4n) is 3.08. The molecule has 0 N–H and O–H groups in total. The number of nitrogens with zero attached hydrogens (tertiary/aromatic N) is 2. The first-order valence-electron chi connectivity index (χ1n) is 7.46. The average molecular weight is 290 g/mol. The monoisotopic (exact) mass is 290 g/mol. The van der Waals surface area contributed by atoms with Crippen molar-refractivity contribution in [2.24, 2.45) is 0 Å². The highest BCUT2D eigenvalue weighted by Gasteiger charge is 2.23. The van der Waals surface area contributed by atoms with Gasteiger partial charge in [-0.1, -0.05) is 0 Å². The summed E-state index contributed by atoms with van der Waals surface area (Å²) in [4.78, 5) is 16.3. The van der Waals surface area contributed by atoms with E-state index < -0.39 is 0 Å². The highest BCUT2D eigenvalue weighted by molar-refractivity contribution is 7.99. The van der Waals surface area contributed by atoms with Crippen LogP contribution < -0.4 is 9.80 Å². The zero-order valence-electron chi connectivity index (χ0n) is 12.0. The Kier molecular flexibility index (Phi) is 4.20. The molecule has 1 unspecified atom stereocenters. The maximum Gasteiger partial charge on any atom is 0.226 e. The minimum atomic E-state index is 0.271. The number of thioether (sulfide) groups is 1. The molecule has 2 aliphatic heterocycles. The quantitative estimate of drug-likeness (QED) is 0.854. The van der Waals surface area contributed by atoms with E-state index in [0.29, 0.717) is 6.42 Å². The van der Waals surface area contributed by atoms with Gasteiger partial charge >= 0.3 is 0 Å². The van der Waals surface area contributed by atoms with Crippen LogP contribution in [-0.4, -0.2) is 37.0 Å². The van der Waals surface area contributed by atoms with E-state index in [1.54, 1.807) is 0 Å². The standard InChI is InChI=1S/C16H22N2OS/c1-20-15-9-11-17(12-15)13-5-7-14(8-6-13)18-10-3-2-4-16(18)19/h5-8,15H,2-4,9-12H2,1H3. The van der Waals surface area contributed by atoms with E-state index in [2.05, 4.69) is 35.4 Å². The molecule has 2 fully saturated rings. The van der Waals surface area contributed by atoms with Gasteiger partial charge in [0.2, 0.25) is 5.91 Å². The molecule has 1 atom stereocenters. The van der Waals surface area contributed by atoms with Crippen molar-refractivity contribution in [3.8, 4) is 0 Å². The Balaban J connectivity index is 1.70. The molecule has 0 aliphatic carbocycles. The van der Waals surface area contributed by atoms with E-state index in [-0.39, 0.29) is 5.91 Å². The van der Waals surface area contributed by atoms with Gasteiger partial charge in [-0.2, -0.15) is 11.8 Å². The lowest BCUT2D eigenvalue weighted by Gasteiger charge is -2.27. The molecule has 2 aliphatic rings. The van der Waals surface area contributed by atoms with E-state index in [4.69, 9.17) is 0 Å². The Morgan fingerprint density at radius 3 is 2.50 bits per heavy atom. The molecule has 1 aromatic rings. The van der Waals surface area contributed by atoms with Crippen molar-refractivity contribution in [2.45, 2.75) is 30.9 Å². The van der Waals surface area contributed by atoms with E-state index >= 15 is 0 Å². The van der Waals surface area contributed by atoms with Crippen molar-refractivity contribution in [3.05, 3.63) is 24.3 Å². The van der Waals surface area contributed by atoms with Crippen LogP contribution in [0.4, 0.5) is 11.4 Å². The number of rotatable bonds is 3. The molecule has 1 aromatic carbocycles. The third kappa shape index (κ3) is 2.80. The van der Waals surface area contributed by atoms with Crippen LogP contribution in [0.1, 0.15) is 25.7 Å². The second-order valence-corrected chi connectivity index (χ2v) is 6.75. The molecule has 2 saturated heterocycles. The lowest BCUT2D eigenvalue weighted by Crippen LogP contribution is -2.35. The molecule has 4 heteroatoms. The summed E-state index contributed by atoms with van der Waals surface area (Å²) in [5.74, 6) is 0.271. The molecular weight excluding hydrogens is 268 g/mol. The predicted molar refractivity (Wildman–Crippen MR) is 86.8 cm³/mol. The molecule has 0 radical (unpaired) electrons. The Bertz CT molecular complexity index is 474. The molecule has 108 valence electrons. The van der Waals surface area contributed by atoms with Crippen molar-refractivity contribution in [1.29, 1.82) is 0 Å². The molecule has 0 spiro atoms. The van der Waals surface area contributed by atoms with Crippen LogP contribution in [0, 0.1) is 0 Å². The first-order chi connectivity index (χ1) is 9.78. The Morgan fingerprint density at radius 1 is 1.10 bits per heavy atom. The lowest BCUT2D eigenvalue weighted by molar-refractivity contribution is -0.119. The van der Waals surface area contributed by atoms with Crippen LogP contribution in [0.3, 0.4) is 0 Å². The van der Waals surface area contributed by atoms with Crippen molar-refractivity contribution in [3.63, 3.8) is 0 Å². The summed E-state index contributed by atoms with van der Waals surface area (Å²) in [6.07, 6.45) is 6.32. The number of anilines is 2. The van der Waals surface area contributed by atoms with Crippen LogP contribution in [0.2, 0.25) is 0 Å². The maximum atomic E-state index is 11.9. The number of amides is 1. The Hall–Kier alpha value is -1.16. The number of benzene rings is 1. The maximum absolute atomic E-state index is 11.9. The van der Waals surface area contributed by atoms with Gasteiger partial charge < -0.3 is 9.80 Å². The van der Waals surface area contributed by atoms with Crippen LogP contribution in [-0.2, 0) is 4.79 Å². The topological polar surface area (TPSA) is 23.6 Å². The van der Waals surface area contributed by atoms with Crippen LogP contribution >= 0.6 is 11.8 Å². The lowest BCUT2D eigenvalue weighted by atomic mass is 10.1. The highest BCUT2D eigenvalue weighted by Crippen LogP contribution is 2.28. The van der Waals surface area contributed by atoms with Crippen LogP contribution in [0.5, 0.6) is 0 Å². The number of carbonyl (C=O) groups is 1. The van der Waals surface area contributed by atoms with E-state index in [0.717, 1.165) is 43.4 Å². The predicted octanol–water partition coefficient (Wildman–Crippen LogP) is 3.15. The first kappa shape index (κ1) is 13.8. The summed E-state index contributed by atoms with van der Waals surface area (Å²) in [5.41, 5.74) is 2.34. The Morgan fingerprint density at radius 2 is 1.85 bits per heavy atom. The second kappa shape index (κ2) is 6.08. The summed E-state index contributed by atoms with van der Waals surface area (Å²) in [6, 6.07) is 8.54. The summed E-state index contributed by atoms with van der Waals surface area (Å²) in [6.45, 7) is 3.16. The third-order valence-electron chi connectivity index (χ3n) is 4.33. The first-order valence-corrected chi connectivity index (χ1v) is 8.75. The summed E-state index contributed by atoms with van der Waals surface area (Å²) in [7, 11) is 0. The third-order valence-corrected chi connectivity index (χ3v) is 5.38.